The molecule has 3 rings (SSSR count). The van der Waals surface area contributed by atoms with Gasteiger partial charge in [-0.2, -0.15) is 5.26 Å². The van der Waals surface area contributed by atoms with Gasteiger partial charge in [0.2, 0.25) is 17.1 Å². The molecule has 1 amide bonds. The van der Waals surface area contributed by atoms with Gasteiger partial charge in [0.05, 0.1) is 5.92 Å². The second-order valence-corrected chi connectivity index (χ2v) is 5.68. The minimum atomic E-state index is -0.852. The lowest BCUT2D eigenvalue weighted by molar-refractivity contribution is -0.119. The Hall–Kier alpha value is -3.77. The van der Waals surface area contributed by atoms with Gasteiger partial charge in [0.25, 0.3) is 5.91 Å². The summed E-state index contributed by atoms with van der Waals surface area (Å²) in [4.78, 5) is 23.2. The van der Waals surface area contributed by atoms with Crippen LogP contribution in [0.15, 0.2) is 51.0 Å². The fourth-order valence-corrected chi connectivity index (χ4v) is 2.73. The van der Waals surface area contributed by atoms with E-state index >= 15 is 0 Å². The summed E-state index contributed by atoms with van der Waals surface area (Å²) >= 11 is 0. The number of carbonyl (C=O) groups is 1. The van der Waals surface area contributed by atoms with Crippen LogP contribution < -0.4 is 26.4 Å². The maximum Gasteiger partial charge on any atom is 0.255 e. The zero-order chi connectivity index (χ0) is 19.6. The molecular formula is C18H15N3O6. The van der Waals surface area contributed by atoms with Crippen molar-refractivity contribution in [2.45, 2.75) is 12.5 Å². The second-order valence-electron chi connectivity index (χ2n) is 5.68. The van der Waals surface area contributed by atoms with Crippen LogP contribution in [0, 0.1) is 11.3 Å². The fourth-order valence-electron chi connectivity index (χ4n) is 2.73. The number of aliphatic hydroxyl groups excluding tert-OH is 1. The standard InChI is InChI=1S/C18H15N3O6/c19-6-12-15(9-2-1-3-10(4-9)25-8-14(20)24)17-16(27-18(12)21)13(23)5-11(7-22)26-17/h1-5,15,22H,7-8,21H2,(H2,20,24)/t15-/m1/s1. The summed E-state index contributed by atoms with van der Waals surface area (Å²) in [5.41, 5.74) is 10.9. The van der Waals surface area contributed by atoms with Gasteiger partial charge in [0, 0.05) is 6.07 Å². The van der Waals surface area contributed by atoms with E-state index in [1.807, 2.05) is 6.07 Å². The quantitative estimate of drug-likeness (QED) is 0.674. The van der Waals surface area contributed by atoms with E-state index in [-0.39, 0.29) is 35.3 Å². The molecule has 0 unspecified atom stereocenters. The number of primary amides is 1. The number of hydrogen-bond acceptors (Lipinski definition) is 8. The van der Waals surface area contributed by atoms with Gasteiger partial charge < -0.3 is 30.5 Å². The van der Waals surface area contributed by atoms with Crippen molar-refractivity contribution in [3.05, 3.63) is 69.1 Å². The van der Waals surface area contributed by atoms with Gasteiger partial charge in [-0.15, -0.1) is 0 Å². The molecule has 0 saturated carbocycles. The number of allylic oxidation sites excluding steroid dienone is 1. The molecule has 1 aliphatic heterocycles. The van der Waals surface area contributed by atoms with Crippen molar-refractivity contribution < 1.29 is 23.8 Å². The number of nitrogens with zero attached hydrogens (tertiary/aromatic N) is 1. The van der Waals surface area contributed by atoms with E-state index in [2.05, 4.69) is 0 Å². The van der Waals surface area contributed by atoms with E-state index in [0.717, 1.165) is 6.07 Å². The predicted octanol–water partition coefficient (Wildman–Crippen LogP) is 0.214. The maximum absolute atomic E-state index is 12.3. The molecule has 2 aromatic rings. The number of fused-ring (bicyclic) bond motifs is 1. The van der Waals surface area contributed by atoms with E-state index in [9.17, 15) is 20.0 Å². The number of carbonyl (C=O) groups excluding carboxylic acids is 1. The molecule has 1 aliphatic rings. The molecule has 27 heavy (non-hydrogen) atoms. The molecule has 0 radical (unpaired) electrons. The van der Waals surface area contributed by atoms with Crippen LogP contribution in [0.25, 0.3) is 0 Å². The average Bonchev–Trinajstić information content (AvgIpc) is 2.66. The Labute approximate surface area is 153 Å². The summed E-state index contributed by atoms with van der Waals surface area (Å²) in [6.07, 6.45) is 0. The van der Waals surface area contributed by atoms with Gasteiger partial charge in [-0.1, -0.05) is 12.1 Å². The van der Waals surface area contributed by atoms with E-state index in [0.29, 0.717) is 11.3 Å². The second kappa shape index (κ2) is 7.23. The summed E-state index contributed by atoms with van der Waals surface area (Å²) in [5.74, 6) is -1.47. The lowest BCUT2D eigenvalue weighted by atomic mass is 9.87. The number of ether oxygens (including phenoxy) is 2. The first-order valence-electron chi connectivity index (χ1n) is 7.81. The van der Waals surface area contributed by atoms with Crippen LogP contribution in [0.2, 0.25) is 0 Å². The highest BCUT2D eigenvalue weighted by molar-refractivity contribution is 5.75. The number of nitriles is 1. The Morgan fingerprint density at radius 1 is 1.37 bits per heavy atom. The first-order valence-corrected chi connectivity index (χ1v) is 7.81. The van der Waals surface area contributed by atoms with Crippen LogP contribution in [-0.2, 0) is 11.4 Å². The minimum Gasteiger partial charge on any atom is -0.484 e. The molecular weight excluding hydrogens is 354 g/mol. The molecule has 2 heterocycles. The molecule has 9 nitrogen and oxygen atoms in total. The van der Waals surface area contributed by atoms with E-state index in [1.165, 1.54) is 0 Å². The predicted molar refractivity (Wildman–Crippen MR) is 91.3 cm³/mol. The van der Waals surface area contributed by atoms with E-state index in [1.54, 1.807) is 24.3 Å². The number of benzene rings is 1. The van der Waals surface area contributed by atoms with Crippen LogP contribution in [0.4, 0.5) is 0 Å². The Bertz CT molecular complexity index is 1030. The van der Waals surface area contributed by atoms with Crippen molar-refractivity contribution in [2.75, 3.05) is 6.61 Å². The molecule has 5 N–H and O–H groups in total. The molecule has 1 aromatic carbocycles. The van der Waals surface area contributed by atoms with Gasteiger partial charge in [0.1, 0.15) is 29.8 Å². The third-order valence-corrected chi connectivity index (χ3v) is 3.86. The monoisotopic (exact) mass is 369 g/mol. The normalized spacial score (nSPS) is 15.5. The van der Waals surface area contributed by atoms with Crippen molar-refractivity contribution in [1.82, 2.24) is 0 Å². The Morgan fingerprint density at radius 2 is 2.15 bits per heavy atom. The molecule has 138 valence electrons. The zero-order valence-electron chi connectivity index (χ0n) is 14.0. The summed E-state index contributed by atoms with van der Waals surface area (Å²) < 4.78 is 16.1. The van der Waals surface area contributed by atoms with E-state index < -0.39 is 23.9 Å². The van der Waals surface area contributed by atoms with Crippen molar-refractivity contribution >= 4 is 5.91 Å². The third-order valence-electron chi connectivity index (χ3n) is 3.86. The summed E-state index contributed by atoms with van der Waals surface area (Å²) in [5, 5.41) is 18.9. The highest BCUT2D eigenvalue weighted by Crippen LogP contribution is 2.41. The topological polar surface area (TPSA) is 162 Å². The number of aliphatic hydroxyl groups is 1. The number of amides is 1. The van der Waals surface area contributed by atoms with Crippen LogP contribution in [0.1, 0.15) is 23.0 Å². The molecule has 0 spiro atoms. The number of hydrogen-bond donors (Lipinski definition) is 3. The van der Waals surface area contributed by atoms with Crippen LogP contribution in [0.3, 0.4) is 0 Å². The first-order chi connectivity index (χ1) is 12.9. The van der Waals surface area contributed by atoms with Crippen LogP contribution in [0.5, 0.6) is 11.5 Å². The van der Waals surface area contributed by atoms with Crippen molar-refractivity contribution in [3.8, 4) is 17.6 Å². The smallest absolute Gasteiger partial charge is 0.255 e. The molecule has 0 aliphatic carbocycles. The van der Waals surface area contributed by atoms with Gasteiger partial charge in [-0.3, -0.25) is 9.59 Å². The Morgan fingerprint density at radius 3 is 2.81 bits per heavy atom. The summed E-state index contributed by atoms with van der Waals surface area (Å²) in [6.45, 7) is -0.821. The highest BCUT2D eigenvalue weighted by Gasteiger charge is 2.35. The number of rotatable bonds is 5. The molecule has 0 bridgehead atoms. The first kappa shape index (κ1) is 18.0. The van der Waals surface area contributed by atoms with Crippen LogP contribution >= 0.6 is 0 Å². The van der Waals surface area contributed by atoms with Crippen molar-refractivity contribution in [3.63, 3.8) is 0 Å². The molecule has 0 saturated heterocycles. The lowest BCUT2D eigenvalue weighted by Gasteiger charge is -2.25. The van der Waals surface area contributed by atoms with Crippen LogP contribution in [-0.4, -0.2) is 17.6 Å². The van der Waals surface area contributed by atoms with E-state index in [4.69, 9.17) is 25.4 Å². The van der Waals surface area contributed by atoms with Gasteiger partial charge in [-0.25, -0.2) is 0 Å². The molecule has 0 fully saturated rings. The van der Waals surface area contributed by atoms with Crippen molar-refractivity contribution in [1.29, 1.82) is 5.26 Å². The Kier molecular flexibility index (Phi) is 4.83. The highest BCUT2D eigenvalue weighted by atomic mass is 16.5. The Balaban J connectivity index is 2.15. The SMILES string of the molecule is N#CC1=C(N)Oc2c(oc(CO)cc2=O)[C@@H]1c1cccc(OCC(N)=O)c1. The largest absolute Gasteiger partial charge is 0.484 e. The fraction of sp³-hybridized carbons (Fsp3) is 0.167. The van der Waals surface area contributed by atoms with Gasteiger partial charge in [0.15, 0.2) is 12.4 Å². The molecule has 1 atom stereocenters. The third kappa shape index (κ3) is 3.47. The van der Waals surface area contributed by atoms with Crippen molar-refractivity contribution in [2.24, 2.45) is 11.5 Å². The average molecular weight is 369 g/mol. The lowest BCUT2D eigenvalue weighted by Crippen LogP contribution is -2.25. The zero-order valence-corrected chi connectivity index (χ0v) is 14.0. The maximum atomic E-state index is 12.3. The number of nitrogens with two attached hydrogens (primary N) is 2. The summed E-state index contributed by atoms with van der Waals surface area (Å²) in [6, 6.07) is 9.53. The summed E-state index contributed by atoms with van der Waals surface area (Å²) in [7, 11) is 0. The minimum absolute atomic E-state index is 0.0197. The molecule has 1 aromatic heterocycles. The molecule has 9 heteroatoms. The van der Waals surface area contributed by atoms with Gasteiger partial charge >= 0.3 is 0 Å². The van der Waals surface area contributed by atoms with Gasteiger partial charge in [-0.05, 0) is 17.7 Å².